The molecule has 1 fully saturated rings. The lowest BCUT2D eigenvalue weighted by Crippen LogP contribution is -2.44. The number of rotatable bonds is 2. The molecule has 0 aliphatic carbocycles. The summed E-state index contributed by atoms with van der Waals surface area (Å²) in [6.45, 7) is 1.53. The highest BCUT2D eigenvalue weighted by Crippen LogP contribution is 2.09. The molecule has 3 heterocycles. The highest BCUT2D eigenvalue weighted by Gasteiger charge is 2.18. The third-order valence-electron chi connectivity index (χ3n) is 2.28. The second-order valence-corrected chi connectivity index (χ2v) is 3.32. The van der Waals surface area contributed by atoms with Crippen LogP contribution in [0, 0.1) is 0 Å². The number of ether oxygens (including phenoxy) is 1. The van der Waals surface area contributed by atoms with Crippen LogP contribution in [-0.4, -0.2) is 33.9 Å². The van der Waals surface area contributed by atoms with Gasteiger partial charge in [-0.25, -0.2) is 14.6 Å². The molecule has 5 heteroatoms. The van der Waals surface area contributed by atoms with Crippen LogP contribution in [0.2, 0.25) is 0 Å². The first-order chi connectivity index (χ1) is 6.93. The second kappa shape index (κ2) is 2.95. The van der Waals surface area contributed by atoms with Crippen LogP contribution < -0.4 is 5.43 Å². The summed E-state index contributed by atoms with van der Waals surface area (Å²) in [6, 6.07) is 4.29. The lowest BCUT2D eigenvalue weighted by Gasteiger charge is -2.28. The van der Waals surface area contributed by atoms with Gasteiger partial charge in [0, 0.05) is 6.20 Å². The van der Waals surface area contributed by atoms with Gasteiger partial charge in [-0.2, -0.15) is 0 Å². The molecule has 0 radical (unpaired) electrons. The first-order valence-corrected chi connectivity index (χ1v) is 4.56. The zero-order valence-electron chi connectivity index (χ0n) is 7.55. The predicted octanol–water partition coefficient (Wildman–Crippen LogP) is 0.374. The van der Waals surface area contributed by atoms with Gasteiger partial charge in [0.1, 0.15) is 11.8 Å². The molecule has 0 spiro atoms. The molecular weight excluding hydrogens is 180 g/mol. The lowest BCUT2D eigenvalue weighted by molar-refractivity contribution is 0.0162. The number of imidazole rings is 1. The summed E-state index contributed by atoms with van der Waals surface area (Å²) in [5.41, 5.74) is 5.05. The number of nitrogens with zero attached hydrogens (tertiary/aromatic N) is 3. The predicted molar refractivity (Wildman–Crippen MR) is 51.5 cm³/mol. The molecule has 2 aromatic rings. The Morgan fingerprint density at radius 3 is 3.14 bits per heavy atom. The third-order valence-corrected chi connectivity index (χ3v) is 2.28. The van der Waals surface area contributed by atoms with E-state index in [2.05, 4.69) is 15.4 Å². The summed E-state index contributed by atoms with van der Waals surface area (Å²) < 4.78 is 6.98. The molecule has 1 aliphatic rings. The van der Waals surface area contributed by atoms with Crippen LogP contribution in [0.15, 0.2) is 24.7 Å². The Bertz CT molecular complexity index is 449. The van der Waals surface area contributed by atoms with Crippen molar-refractivity contribution in [1.82, 2.24) is 14.6 Å². The largest absolute Gasteiger partial charge is 0.377 e. The minimum Gasteiger partial charge on any atom is -0.377 e. The Labute approximate surface area is 80.7 Å². The van der Waals surface area contributed by atoms with Gasteiger partial charge in [0.25, 0.3) is 0 Å². The molecule has 1 saturated heterocycles. The Hall–Kier alpha value is -1.62. The van der Waals surface area contributed by atoms with E-state index < -0.39 is 0 Å². The maximum absolute atomic E-state index is 5.08. The molecule has 1 aliphatic heterocycles. The third kappa shape index (κ3) is 1.13. The number of aromatic nitrogens is 3. The van der Waals surface area contributed by atoms with Gasteiger partial charge in [-0.1, -0.05) is 0 Å². The molecule has 0 saturated carbocycles. The van der Waals surface area contributed by atoms with Crippen LogP contribution >= 0.6 is 0 Å². The van der Waals surface area contributed by atoms with Gasteiger partial charge in [-0.05, 0) is 12.1 Å². The normalized spacial score (nSPS) is 16.9. The maximum Gasteiger partial charge on any atom is 0.179 e. The quantitative estimate of drug-likeness (QED) is 0.743. The molecule has 0 aromatic carbocycles. The van der Waals surface area contributed by atoms with E-state index in [9.17, 15) is 0 Å². The Morgan fingerprint density at radius 1 is 1.43 bits per heavy atom. The SMILES string of the molecule is c1cnc2ncn(NC3COC3)c2c1. The van der Waals surface area contributed by atoms with E-state index in [1.807, 2.05) is 16.8 Å². The first-order valence-electron chi connectivity index (χ1n) is 4.56. The smallest absolute Gasteiger partial charge is 0.179 e. The van der Waals surface area contributed by atoms with Crippen LogP contribution in [0.1, 0.15) is 0 Å². The van der Waals surface area contributed by atoms with Gasteiger partial charge in [0.15, 0.2) is 5.65 Å². The summed E-state index contributed by atoms with van der Waals surface area (Å²) in [5, 5.41) is 0. The van der Waals surface area contributed by atoms with E-state index in [4.69, 9.17) is 4.74 Å². The number of hydrogen-bond donors (Lipinski definition) is 1. The van der Waals surface area contributed by atoms with Crippen molar-refractivity contribution in [3.8, 4) is 0 Å². The summed E-state index contributed by atoms with van der Waals surface area (Å²) in [6.07, 6.45) is 3.49. The standard InChI is InChI=1S/C9H10N4O/c1-2-8-9(10-3-1)11-6-13(8)12-7-4-14-5-7/h1-3,6-7,12H,4-5H2. The van der Waals surface area contributed by atoms with Crippen molar-refractivity contribution >= 4 is 11.2 Å². The number of hydrogen-bond acceptors (Lipinski definition) is 4. The fourth-order valence-electron chi connectivity index (χ4n) is 1.46. The van der Waals surface area contributed by atoms with Crippen molar-refractivity contribution in [2.24, 2.45) is 0 Å². The van der Waals surface area contributed by atoms with Crippen LogP contribution in [0.25, 0.3) is 11.2 Å². The minimum atomic E-state index is 0.396. The van der Waals surface area contributed by atoms with Crippen LogP contribution in [0.4, 0.5) is 0 Å². The second-order valence-electron chi connectivity index (χ2n) is 3.32. The van der Waals surface area contributed by atoms with E-state index in [-0.39, 0.29) is 0 Å². The minimum absolute atomic E-state index is 0.396. The molecule has 0 amide bonds. The zero-order valence-corrected chi connectivity index (χ0v) is 7.55. The molecule has 3 rings (SSSR count). The van der Waals surface area contributed by atoms with Crippen LogP contribution in [-0.2, 0) is 4.74 Å². The van der Waals surface area contributed by atoms with Crippen molar-refractivity contribution in [3.05, 3.63) is 24.7 Å². The van der Waals surface area contributed by atoms with Crippen molar-refractivity contribution in [3.63, 3.8) is 0 Å². The molecular formula is C9H10N4O. The van der Waals surface area contributed by atoms with Crippen molar-refractivity contribution in [1.29, 1.82) is 0 Å². The molecule has 0 atom stereocenters. The molecule has 72 valence electrons. The van der Waals surface area contributed by atoms with E-state index in [0.717, 1.165) is 24.4 Å². The summed E-state index contributed by atoms with van der Waals surface area (Å²) >= 11 is 0. The van der Waals surface area contributed by atoms with E-state index in [1.54, 1.807) is 12.5 Å². The van der Waals surface area contributed by atoms with Crippen molar-refractivity contribution in [2.45, 2.75) is 6.04 Å². The van der Waals surface area contributed by atoms with Gasteiger partial charge in [0.2, 0.25) is 0 Å². The van der Waals surface area contributed by atoms with Gasteiger partial charge in [-0.15, -0.1) is 0 Å². The maximum atomic E-state index is 5.08. The molecule has 14 heavy (non-hydrogen) atoms. The molecule has 2 aromatic heterocycles. The topological polar surface area (TPSA) is 52.0 Å². The number of fused-ring (bicyclic) bond motifs is 1. The lowest BCUT2D eigenvalue weighted by atomic mass is 10.3. The van der Waals surface area contributed by atoms with E-state index in [0.29, 0.717) is 6.04 Å². The van der Waals surface area contributed by atoms with Crippen molar-refractivity contribution in [2.75, 3.05) is 18.6 Å². The zero-order chi connectivity index (χ0) is 9.38. The van der Waals surface area contributed by atoms with E-state index in [1.165, 1.54) is 0 Å². The first kappa shape index (κ1) is 7.75. The van der Waals surface area contributed by atoms with Gasteiger partial charge in [0.05, 0.1) is 19.3 Å². The van der Waals surface area contributed by atoms with Crippen LogP contribution in [0.3, 0.4) is 0 Å². The fraction of sp³-hybridized carbons (Fsp3) is 0.333. The molecule has 5 nitrogen and oxygen atoms in total. The molecule has 0 bridgehead atoms. The average molecular weight is 190 g/mol. The van der Waals surface area contributed by atoms with Gasteiger partial charge in [-0.3, -0.25) is 0 Å². The Kier molecular flexibility index (Phi) is 1.63. The van der Waals surface area contributed by atoms with Gasteiger partial charge >= 0.3 is 0 Å². The Morgan fingerprint density at radius 2 is 2.36 bits per heavy atom. The fourth-order valence-corrected chi connectivity index (χ4v) is 1.46. The Balaban J connectivity index is 1.95. The van der Waals surface area contributed by atoms with E-state index >= 15 is 0 Å². The van der Waals surface area contributed by atoms with Crippen LogP contribution in [0.5, 0.6) is 0 Å². The summed E-state index contributed by atoms with van der Waals surface area (Å²) in [7, 11) is 0. The molecule has 1 N–H and O–H groups in total. The van der Waals surface area contributed by atoms with Gasteiger partial charge < -0.3 is 10.2 Å². The molecule has 0 unspecified atom stereocenters. The highest BCUT2D eigenvalue weighted by atomic mass is 16.5. The summed E-state index contributed by atoms with van der Waals surface area (Å²) in [5.74, 6) is 0. The monoisotopic (exact) mass is 190 g/mol. The van der Waals surface area contributed by atoms with Crippen molar-refractivity contribution < 1.29 is 4.74 Å². The summed E-state index contributed by atoms with van der Waals surface area (Å²) in [4.78, 5) is 8.33. The average Bonchev–Trinajstić information content (AvgIpc) is 2.55. The number of nitrogens with one attached hydrogen (secondary N) is 1. The highest BCUT2D eigenvalue weighted by molar-refractivity contribution is 5.70. The number of pyridine rings is 1.